The van der Waals surface area contributed by atoms with E-state index in [-0.39, 0.29) is 12.0 Å². The number of benzene rings is 1. The molecular weight excluding hydrogens is 266 g/mol. The highest BCUT2D eigenvalue weighted by molar-refractivity contribution is 6.06. The Morgan fingerprint density at radius 3 is 3.00 bits per heavy atom. The summed E-state index contributed by atoms with van der Waals surface area (Å²) in [5, 5.41) is 6.54. The zero-order chi connectivity index (χ0) is 14.8. The van der Waals surface area contributed by atoms with Gasteiger partial charge >= 0.3 is 0 Å². The number of aromatic amines is 1. The normalized spacial score (nSPS) is 14.1. The van der Waals surface area contributed by atoms with E-state index in [1.165, 1.54) is 0 Å². The van der Waals surface area contributed by atoms with Crippen LogP contribution in [0.5, 0.6) is 5.75 Å². The van der Waals surface area contributed by atoms with Crippen molar-refractivity contribution in [1.29, 1.82) is 0 Å². The number of nitrogens with one attached hydrogen (secondary N) is 1. The second-order valence-electron chi connectivity index (χ2n) is 5.50. The Morgan fingerprint density at radius 2 is 2.29 bits per heavy atom. The van der Waals surface area contributed by atoms with Gasteiger partial charge in [0.05, 0.1) is 17.9 Å². The van der Waals surface area contributed by atoms with E-state index in [1.807, 2.05) is 36.9 Å². The Kier molecular flexibility index (Phi) is 3.64. The molecule has 1 N–H and O–H groups in total. The average Bonchev–Trinajstić information content (AvgIpc) is 2.99. The predicted molar refractivity (Wildman–Crippen MR) is 80.8 cm³/mol. The standard InChI is InChI=1S/C16H19N3O2/c1-11(2)21-14-5-6-15-12(8-14)4-3-7-19(15)16(20)13-9-17-18-10-13/h5-6,8-11H,3-4,7H2,1-2H3,(H,17,18). The molecule has 1 aromatic carbocycles. The lowest BCUT2D eigenvalue weighted by atomic mass is 10.0. The highest BCUT2D eigenvalue weighted by atomic mass is 16.5. The maximum atomic E-state index is 12.5. The summed E-state index contributed by atoms with van der Waals surface area (Å²) in [7, 11) is 0. The van der Waals surface area contributed by atoms with Gasteiger partial charge in [0, 0.05) is 18.4 Å². The number of hydrogen-bond acceptors (Lipinski definition) is 3. The van der Waals surface area contributed by atoms with Gasteiger partial charge in [-0.25, -0.2) is 0 Å². The van der Waals surface area contributed by atoms with Crippen LogP contribution in [0, 0.1) is 0 Å². The topological polar surface area (TPSA) is 58.2 Å². The number of anilines is 1. The first kappa shape index (κ1) is 13.7. The molecule has 110 valence electrons. The van der Waals surface area contributed by atoms with Crippen LogP contribution in [0.2, 0.25) is 0 Å². The molecule has 0 saturated carbocycles. The van der Waals surface area contributed by atoms with Crippen LogP contribution in [0.15, 0.2) is 30.6 Å². The monoisotopic (exact) mass is 285 g/mol. The third-order valence-electron chi connectivity index (χ3n) is 3.53. The second kappa shape index (κ2) is 5.60. The summed E-state index contributed by atoms with van der Waals surface area (Å²) >= 11 is 0. The number of fused-ring (bicyclic) bond motifs is 1. The highest BCUT2D eigenvalue weighted by Gasteiger charge is 2.24. The molecule has 21 heavy (non-hydrogen) atoms. The molecule has 3 rings (SSSR count). The lowest BCUT2D eigenvalue weighted by Crippen LogP contribution is -2.35. The molecule has 0 unspecified atom stereocenters. The van der Waals surface area contributed by atoms with E-state index in [9.17, 15) is 4.79 Å². The molecule has 0 aliphatic carbocycles. The smallest absolute Gasteiger partial charge is 0.261 e. The molecule has 1 aromatic heterocycles. The van der Waals surface area contributed by atoms with Gasteiger partial charge in [-0.3, -0.25) is 9.89 Å². The van der Waals surface area contributed by atoms with Gasteiger partial charge in [0.25, 0.3) is 5.91 Å². The van der Waals surface area contributed by atoms with Gasteiger partial charge in [-0.15, -0.1) is 0 Å². The number of rotatable bonds is 3. The van der Waals surface area contributed by atoms with Crippen LogP contribution in [0.4, 0.5) is 5.69 Å². The fraction of sp³-hybridized carbons (Fsp3) is 0.375. The minimum absolute atomic E-state index is 0.0118. The molecule has 0 atom stereocenters. The number of aromatic nitrogens is 2. The van der Waals surface area contributed by atoms with Crippen LogP contribution < -0.4 is 9.64 Å². The van der Waals surface area contributed by atoms with Crippen LogP contribution in [0.1, 0.15) is 36.2 Å². The summed E-state index contributed by atoms with van der Waals surface area (Å²) in [6.45, 7) is 4.75. The molecular formula is C16H19N3O2. The van der Waals surface area contributed by atoms with Gasteiger partial charge in [-0.2, -0.15) is 5.10 Å². The largest absolute Gasteiger partial charge is 0.491 e. The van der Waals surface area contributed by atoms with E-state index in [4.69, 9.17) is 4.74 Å². The van der Waals surface area contributed by atoms with Gasteiger partial charge in [0.2, 0.25) is 0 Å². The number of hydrogen-bond donors (Lipinski definition) is 1. The summed E-state index contributed by atoms with van der Waals surface area (Å²) in [4.78, 5) is 14.3. The summed E-state index contributed by atoms with van der Waals surface area (Å²) in [6, 6.07) is 5.95. The van der Waals surface area contributed by atoms with Crippen LogP contribution in [-0.4, -0.2) is 28.8 Å². The van der Waals surface area contributed by atoms with Gasteiger partial charge in [-0.1, -0.05) is 0 Å². The Bertz CT molecular complexity index is 635. The maximum Gasteiger partial charge on any atom is 0.261 e. The lowest BCUT2D eigenvalue weighted by Gasteiger charge is -2.29. The Morgan fingerprint density at radius 1 is 1.43 bits per heavy atom. The van der Waals surface area contributed by atoms with Gasteiger partial charge < -0.3 is 9.64 Å². The van der Waals surface area contributed by atoms with Gasteiger partial charge in [-0.05, 0) is 50.5 Å². The molecule has 2 aromatic rings. The van der Waals surface area contributed by atoms with Crippen LogP contribution in [0.25, 0.3) is 0 Å². The first-order valence-electron chi connectivity index (χ1n) is 7.25. The first-order chi connectivity index (χ1) is 10.1. The first-order valence-corrected chi connectivity index (χ1v) is 7.25. The van der Waals surface area contributed by atoms with Gasteiger partial charge in [0.15, 0.2) is 0 Å². The van der Waals surface area contributed by atoms with Gasteiger partial charge in [0.1, 0.15) is 5.75 Å². The van der Waals surface area contributed by atoms with E-state index in [0.29, 0.717) is 5.56 Å². The molecule has 1 amide bonds. The molecule has 1 aliphatic heterocycles. The molecule has 0 saturated heterocycles. The van der Waals surface area contributed by atoms with Crippen LogP contribution >= 0.6 is 0 Å². The van der Waals surface area contributed by atoms with E-state index < -0.39 is 0 Å². The minimum atomic E-state index is -0.0118. The lowest BCUT2D eigenvalue weighted by molar-refractivity contribution is 0.0985. The number of H-pyrrole nitrogens is 1. The zero-order valence-corrected chi connectivity index (χ0v) is 12.3. The van der Waals surface area contributed by atoms with Crippen molar-refractivity contribution in [2.45, 2.75) is 32.8 Å². The van der Waals surface area contributed by atoms with E-state index in [1.54, 1.807) is 12.4 Å². The molecule has 0 bridgehead atoms. The molecule has 0 radical (unpaired) electrons. The Balaban J connectivity index is 1.90. The van der Waals surface area contributed by atoms with Crippen LogP contribution in [-0.2, 0) is 6.42 Å². The molecule has 5 heteroatoms. The number of carbonyl (C=O) groups excluding carboxylic acids is 1. The summed E-state index contributed by atoms with van der Waals surface area (Å²) in [5.41, 5.74) is 2.73. The predicted octanol–water partition coefficient (Wildman–Crippen LogP) is 2.79. The highest BCUT2D eigenvalue weighted by Crippen LogP contribution is 2.31. The fourth-order valence-electron chi connectivity index (χ4n) is 2.65. The Hall–Kier alpha value is -2.30. The van der Waals surface area contributed by atoms with Crippen molar-refractivity contribution in [2.24, 2.45) is 0 Å². The molecule has 5 nitrogen and oxygen atoms in total. The number of amides is 1. The average molecular weight is 285 g/mol. The minimum Gasteiger partial charge on any atom is -0.491 e. The summed E-state index contributed by atoms with van der Waals surface area (Å²) < 4.78 is 5.73. The summed E-state index contributed by atoms with van der Waals surface area (Å²) in [6.07, 6.45) is 5.27. The van der Waals surface area contributed by atoms with Crippen molar-refractivity contribution in [1.82, 2.24) is 10.2 Å². The molecule has 0 fully saturated rings. The molecule has 1 aliphatic rings. The van der Waals surface area contributed by atoms with E-state index in [2.05, 4.69) is 10.2 Å². The SMILES string of the molecule is CC(C)Oc1ccc2c(c1)CCCN2C(=O)c1cn[nH]c1. The van der Waals surface area contributed by atoms with E-state index in [0.717, 1.165) is 36.4 Å². The van der Waals surface area contributed by atoms with Crippen molar-refractivity contribution >= 4 is 11.6 Å². The number of aryl methyl sites for hydroxylation is 1. The van der Waals surface area contributed by atoms with Crippen molar-refractivity contribution in [3.05, 3.63) is 41.7 Å². The summed E-state index contributed by atoms with van der Waals surface area (Å²) in [5.74, 6) is 0.851. The maximum absolute atomic E-state index is 12.5. The van der Waals surface area contributed by atoms with Crippen molar-refractivity contribution in [2.75, 3.05) is 11.4 Å². The Labute approximate surface area is 123 Å². The van der Waals surface area contributed by atoms with Crippen molar-refractivity contribution in [3.63, 3.8) is 0 Å². The second-order valence-corrected chi connectivity index (χ2v) is 5.50. The fourth-order valence-corrected chi connectivity index (χ4v) is 2.65. The molecule has 2 heterocycles. The van der Waals surface area contributed by atoms with Crippen molar-refractivity contribution in [3.8, 4) is 5.75 Å². The number of ether oxygens (including phenoxy) is 1. The third kappa shape index (κ3) is 2.77. The number of carbonyl (C=O) groups is 1. The van der Waals surface area contributed by atoms with Crippen LogP contribution in [0.3, 0.4) is 0 Å². The van der Waals surface area contributed by atoms with Crippen molar-refractivity contribution < 1.29 is 9.53 Å². The zero-order valence-electron chi connectivity index (χ0n) is 12.3. The number of nitrogens with zero attached hydrogens (tertiary/aromatic N) is 2. The molecule has 0 spiro atoms. The van der Waals surface area contributed by atoms with E-state index >= 15 is 0 Å². The quantitative estimate of drug-likeness (QED) is 0.943. The third-order valence-corrected chi connectivity index (χ3v) is 3.53.